The highest BCUT2D eigenvalue weighted by atomic mass is 35.5. The van der Waals surface area contributed by atoms with Crippen molar-refractivity contribution in [2.24, 2.45) is 0 Å². The fourth-order valence-corrected chi connectivity index (χ4v) is 3.06. The van der Waals surface area contributed by atoms with Crippen molar-refractivity contribution < 1.29 is 19.1 Å². The largest absolute Gasteiger partial charge is 0.462 e. The Kier molecular flexibility index (Phi) is 6.16. The van der Waals surface area contributed by atoms with E-state index in [1.165, 1.54) is 0 Å². The van der Waals surface area contributed by atoms with E-state index in [4.69, 9.17) is 16.3 Å². The summed E-state index contributed by atoms with van der Waals surface area (Å²) < 4.78 is 4.92. The van der Waals surface area contributed by atoms with Crippen molar-refractivity contribution >= 4 is 40.9 Å². The molecule has 1 fully saturated rings. The van der Waals surface area contributed by atoms with Crippen molar-refractivity contribution in [3.05, 3.63) is 59.1 Å². The third-order valence-corrected chi connectivity index (χ3v) is 4.50. The molecule has 28 heavy (non-hydrogen) atoms. The maximum atomic E-state index is 12.2. The zero-order valence-electron chi connectivity index (χ0n) is 15.3. The van der Waals surface area contributed by atoms with Gasteiger partial charge in [-0.25, -0.2) is 9.59 Å². The van der Waals surface area contributed by atoms with Crippen LogP contribution in [0.4, 0.5) is 16.2 Å². The van der Waals surface area contributed by atoms with E-state index >= 15 is 0 Å². The van der Waals surface area contributed by atoms with Crippen LogP contribution in [0.25, 0.3) is 0 Å². The predicted octanol–water partition coefficient (Wildman–Crippen LogP) is 3.44. The van der Waals surface area contributed by atoms with Crippen LogP contribution in [0.1, 0.15) is 23.7 Å². The number of amides is 3. The Morgan fingerprint density at radius 1 is 1.14 bits per heavy atom. The molecule has 0 unspecified atom stereocenters. The summed E-state index contributed by atoms with van der Waals surface area (Å²) in [4.78, 5) is 37.7. The number of ether oxygens (including phenoxy) is 1. The predicted molar refractivity (Wildman–Crippen MR) is 107 cm³/mol. The van der Waals surface area contributed by atoms with Gasteiger partial charge in [-0.05, 0) is 55.5 Å². The highest BCUT2D eigenvalue weighted by Gasteiger charge is 2.31. The first kappa shape index (κ1) is 19.7. The Balaban J connectivity index is 1.54. The number of carbonyl (C=O) groups is 3. The van der Waals surface area contributed by atoms with Crippen molar-refractivity contribution in [1.82, 2.24) is 5.32 Å². The lowest BCUT2D eigenvalue weighted by molar-refractivity contribution is -0.117. The Hall–Kier alpha value is -3.06. The van der Waals surface area contributed by atoms with Gasteiger partial charge in [-0.2, -0.15) is 0 Å². The number of halogens is 1. The van der Waals surface area contributed by atoms with E-state index in [9.17, 15) is 14.4 Å². The third-order valence-electron chi connectivity index (χ3n) is 4.25. The van der Waals surface area contributed by atoms with Crippen LogP contribution in [0.3, 0.4) is 0 Å². The van der Waals surface area contributed by atoms with Crippen LogP contribution in [-0.4, -0.2) is 37.1 Å². The summed E-state index contributed by atoms with van der Waals surface area (Å²) in [7, 11) is 0. The van der Waals surface area contributed by atoms with Gasteiger partial charge in [-0.3, -0.25) is 4.79 Å². The standard InChI is InChI=1S/C20H20ClN3O4/c1-2-28-19(26)13-3-7-15(8-4-13)22-20(27)23-16-11-18(25)24(12-16)17-9-5-14(21)6-10-17/h3-10,16H,2,11-12H2,1H3,(H2,22,23,27)/t16-/m1/s1. The molecule has 1 atom stereocenters. The van der Waals surface area contributed by atoms with E-state index in [0.717, 1.165) is 5.69 Å². The van der Waals surface area contributed by atoms with E-state index in [1.807, 2.05) is 0 Å². The second-order valence-corrected chi connectivity index (χ2v) is 6.71. The number of carbonyl (C=O) groups excluding carboxylic acids is 3. The number of urea groups is 1. The van der Waals surface area contributed by atoms with Crippen LogP contribution >= 0.6 is 11.6 Å². The van der Waals surface area contributed by atoms with E-state index in [2.05, 4.69) is 10.6 Å². The fraction of sp³-hybridized carbons (Fsp3) is 0.250. The quantitative estimate of drug-likeness (QED) is 0.751. The molecule has 0 aliphatic carbocycles. The Labute approximate surface area is 167 Å². The van der Waals surface area contributed by atoms with Crippen LogP contribution in [0.5, 0.6) is 0 Å². The number of anilines is 2. The highest BCUT2D eigenvalue weighted by Crippen LogP contribution is 2.23. The maximum Gasteiger partial charge on any atom is 0.338 e. The van der Waals surface area contributed by atoms with Gasteiger partial charge in [0.15, 0.2) is 0 Å². The average Bonchev–Trinajstić information content (AvgIpc) is 3.03. The van der Waals surface area contributed by atoms with E-state index in [1.54, 1.807) is 60.4 Å². The summed E-state index contributed by atoms with van der Waals surface area (Å²) in [5.74, 6) is -0.475. The molecule has 146 valence electrons. The normalized spacial score (nSPS) is 16.0. The molecule has 3 rings (SSSR count). The number of esters is 1. The Morgan fingerprint density at radius 3 is 2.46 bits per heavy atom. The second kappa shape index (κ2) is 8.75. The Morgan fingerprint density at radius 2 is 1.82 bits per heavy atom. The minimum atomic E-state index is -0.417. The molecule has 0 spiro atoms. The molecule has 2 aromatic rings. The van der Waals surface area contributed by atoms with E-state index < -0.39 is 12.0 Å². The molecule has 1 heterocycles. The molecule has 0 radical (unpaired) electrons. The van der Waals surface area contributed by atoms with Crippen molar-refractivity contribution in [3.63, 3.8) is 0 Å². The van der Waals surface area contributed by atoms with Gasteiger partial charge in [0.05, 0.1) is 18.2 Å². The number of nitrogens with one attached hydrogen (secondary N) is 2. The van der Waals surface area contributed by atoms with Crippen molar-refractivity contribution in [1.29, 1.82) is 0 Å². The highest BCUT2D eigenvalue weighted by molar-refractivity contribution is 6.30. The van der Waals surface area contributed by atoms with Crippen LogP contribution in [-0.2, 0) is 9.53 Å². The van der Waals surface area contributed by atoms with Gasteiger partial charge in [-0.15, -0.1) is 0 Å². The van der Waals surface area contributed by atoms with E-state index in [0.29, 0.717) is 29.4 Å². The zero-order chi connectivity index (χ0) is 20.1. The van der Waals surface area contributed by atoms with Gasteiger partial charge in [0.1, 0.15) is 0 Å². The molecule has 2 aromatic carbocycles. The average molecular weight is 402 g/mol. The number of hydrogen-bond donors (Lipinski definition) is 2. The first-order valence-corrected chi connectivity index (χ1v) is 9.24. The van der Waals surface area contributed by atoms with Crippen LogP contribution < -0.4 is 15.5 Å². The van der Waals surface area contributed by atoms with Crippen molar-refractivity contribution in [2.75, 3.05) is 23.4 Å². The molecule has 0 saturated carbocycles. The lowest BCUT2D eigenvalue weighted by Gasteiger charge is -2.17. The maximum absolute atomic E-state index is 12.2. The smallest absolute Gasteiger partial charge is 0.338 e. The van der Waals surface area contributed by atoms with Crippen molar-refractivity contribution in [2.45, 2.75) is 19.4 Å². The van der Waals surface area contributed by atoms with Gasteiger partial charge >= 0.3 is 12.0 Å². The van der Waals surface area contributed by atoms with Gasteiger partial charge < -0.3 is 20.3 Å². The van der Waals surface area contributed by atoms with Crippen molar-refractivity contribution in [3.8, 4) is 0 Å². The second-order valence-electron chi connectivity index (χ2n) is 6.28. The van der Waals surface area contributed by atoms with Crippen LogP contribution in [0.15, 0.2) is 48.5 Å². The first-order valence-electron chi connectivity index (χ1n) is 8.87. The lowest BCUT2D eigenvalue weighted by atomic mass is 10.2. The summed E-state index contributed by atoms with van der Waals surface area (Å²) in [6, 6.07) is 12.7. The van der Waals surface area contributed by atoms with Gasteiger partial charge in [-0.1, -0.05) is 11.6 Å². The molecule has 7 nitrogen and oxygen atoms in total. The topological polar surface area (TPSA) is 87.7 Å². The summed E-state index contributed by atoms with van der Waals surface area (Å²) in [6.45, 7) is 2.42. The van der Waals surface area contributed by atoms with Gasteiger partial charge in [0.2, 0.25) is 5.91 Å². The zero-order valence-corrected chi connectivity index (χ0v) is 16.0. The molecular formula is C20H20ClN3O4. The fourth-order valence-electron chi connectivity index (χ4n) is 2.93. The molecule has 3 amide bonds. The van der Waals surface area contributed by atoms with Gasteiger partial charge in [0.25, 0.3) is 0 Å². The van der Waals surface area contributed by atoms with Gasteiger partial charge in [0, 0.05) is 29.4 Å². The molecule has 1 aliphatic rings. The van der Waals surface area contributed by atoms with E-state index in [-0.39, 0.29) is 18.4 Å². The monoisotopic (exact) mass is 401 g/mol. The lowest BCUT2D eigenvalue weighted by Crippen LogP contribution is -2.39. The third kappa shape index (κ3) is 4.80. The number of benzene rings is 2. The number of nitrogens with zero attached hydrogens (tertiary/aromatic N) is 1. The van der Waals surface area contributed by atoms with Crippen LogP contribution in [0.2, 0.25) is 5.02 Å². The summed E-state index contributed by atoms with van der Waals surface area (Å²) in [5, 5.41) is 6.09. The molecule has 1 aliphatic heterocycles. The van der Waals surface area contributed by atoms with Crippen LogP contribution in [0, 0.1) is 0 Å². The first-order chi connectivity index (χ1) is 13.5. The molecule has 8 heteroatoms. The Bertz CT molecular complexity index is 868. The minimum absolute atomic E-state index is 0.0635. The number of hydrogen-bond acceptors (Lipinski definition) is 4. The molecule has 1 saturated heterocycles. The summed E-state index contributed by atoms with van der Waals surface area (Å²) in [6.07, 6.45) is 0.220. The SMILES string of the molecule is CCOC(=O)c1ccc(NC(=O)N[C@@H]2CC(=O)N(c3ccc(Cl)cc3)C2)cc1. The minimum Gasteiger partial charge on any atom is -0.462 e. The molecular weight excluding hydrogens is 382 g/mol. The molecule has 2 N–H and O–H groups in total. The number of rotatable bonds is 5. The molecule has 0 bridgehead atoms. The summed E-state index contributed by atoms with van der Waals surface area (Å²) >= 11 is 5.88. The summed E-state index contributed by atoms with van der Waals surface area (Å²) in [5.41, 5.74) is 1.69. The molecule has 0 aromatic heterocycles.